The minimum absolute atomic E-state index is 0.216. The van der Waals surface area contributed by atoms with Crippen LogP contribution in [0.2, 0.25) is 0 Å². The van der Waals surface area contributed by atoms with Crippen molar-refractivity contribution < 1.29 is 0 Å². The van der Waals surface area contributed by atoms with Crippen LogP contribution in [-0.2, 0) is 7.05 Å². The zero-order valence-electron chi connectivity index (χ0n) is 17.2. The molecule has 0 radical (unpaired) electrons. The van der Waals surface area contributed by atoms with E-state index in [4.69, 9.17) is 0 Å². The molecule has 0 amide bonds. The van der Waals surface area contributed by atoms with Gasteiger partial charge in [0.1, 0.15) is 11.6 Å². The SMILES string of the molecule is Cn1nccc1Nc1nccc(-c2ccn3c(C4C(C)(C)C4(C)C)nnc3c2)n1. The van der Waals surface area contributed by atoms with Crippen LogP contribution >= 0.6 is 0 Å². The molecule has 0 aliphatic heterocycles. The molecule has 4 aromatic rings. The van der Waals surface area contributed by atoms with Crippen molar-refractivity contribution in [2.45, 2.75) is 33.6 Å². The highest BCUT2D eigenvalue weighted by atomic mass is 15.3. The van der Waals surface area contributed by atoms with Crippen molar-refractivity contribution in [1.82, 2.24) is 34.3 Å². The molecule has 8 heteroatoms. The molecule has 1 N–H and O–H groups in total. The van der Waals surface area contributed by atoms with Gasteiger partial charge in [0.25, 0.3) is 0 Å². The van der Waals surface area contributed by atoms with E-state index in [1.165, 1.54) is 0 Å². The van der Waals surface area contributed by atoms with Gasteiger partial charge in [-0.25, -0.2) is 9.97 Å². The normalized spacial score (nSPS) is 17.6. The summed E-state index contributed by atoms with van der Waals surface area (Å²) in [5.74, 6) is 2.77. The average molecular weight is 388 g/mol. The predicted octanol–water partition coefficient (Wildman–Crippen LogP) is 3.81. The Morgan fingerprint density at radius 3 is 2.48 bits per heavy atom. The minimum Gasteiger partial charge on any atom is -0.309 e. The maximum Gasteiger partial charge on any atom is 0.228 e. The van der Waals surface area contributed by atoms with E-state index in [-0.39, 0.29) is 10.8 Å². The van der Waals surface area contributed by atoms with E-state index >= 15 is 0 Å². The summed E-state index contributed by atoms with van der Waals surface area (Å²) >= 11 is 0. The molecule has 1 aliphatic carbocycles. The first-order valence-corrected chi connectivity index (χ1v) is 9.72. The second-order valence-electron chi connectivity index (χ2n) is 8.81. The smallest absolute Gasteiger partial charge is 0.228 e. The molecule has 1 saturated carbocycles. The Morgan fingerprint density at radius 2 is 1.79 bits per heavy atom. The number of rotatable bonds is 4. The van der Waals surface area contributed by atoms with Crippen LogP contribution in [0.3, 0.4) is 0 Å². The number of hydrogen-bond donors (Lipinski definition) is 1. The fourth-order valence-corrected chi connectivity index (χ4v) is 4.30. The van der Waals surface area contributed by atoms with Gasteiger partial charge in [0.2, 0.25) is 5.95 Å². The monoisotopic (exact) mass is 388 g/mol. The first-order chi connectivity index (χ1) is 13.8. The van der Waals surface area contributed by atoms with Gasteiger partial charge in [-0.3, -0.25) is 9.08 Å². The van der Waals surface area contributed by atoms with Gasteiger partial charge in [-0.2, -0.15) is 5.10 Å². The standard InChI is InChI=1S/C21H24N8/c1-20(2)17(21(20,3)4)18-27-26-16-12-13(8-11-29(16)18)14-6-9-22-19(24-14)25-15-7-10-23-28(15)5/h6-12,17H,1-5H3,(H,22,24,25). The topological polar surface area (TPSA) is 85.8 Å². The molecule has 4 aromatic heterocycles. The second-order valence-corrected chi connectivity index (χ2v) is 8.81. The van der Waals surface area contributed by atoms with Crippen LogP contribution in [0.15, 0.2) is 42.9 Å². The lowest BCUT2D eigenvalue weighted by Gasteiger charge is -2.07. The Bertz CT molecular complexity index is 1200. The number of nitrogens with one attached hydrogen (secondary N) is 1. The summed E-state index contributed by atoms with van der Waals surface area (Å²) in [4.78, 5) is 8.96. The van der Waals surface area contributed by atoms with Crippen LogP contribution in [0, 0.1) is 10.8 Å². The molecule has 0 atom stereocenters. The molecule has 8 nitrogen and oxygen atoms in total. The zero-order valence-corrected chi connectivity index (χ0v) is 17.2. The maximum absolute atomic E-state index is 4.65. The lowest BCUT2D eigenvalue weighted by molar-refractivity contribution is 0.457. The summed E-state index contributed by atoms with van der Waals surface area (Å²) in [7, 11) is 1.87. The van der Waals surface area contributed by atoms with E-state index in [2.05, 4.69) is 68.7 Å². The minimum atomic E-state index is 0.216. The molecule has 4 heterocycles. The summed E-state index contributed by atoms with van der Waals surface area (Å²) in [6, 6.07) is 7.85. The second kappa shape index (κ2) is 5.85. The third-order valence-electron chi connectivity index (χ3n) is 6.73. The Balaban J connectivity index is 1.48. The molecule has 0 bridgehead atoms. The number of pyridine rings is 1. The predicted molar refractivity (Wildman–Crippen MR) is 111 cm³/mol. The van der Waals surface area contributed by atoms with Crippen molar-refractivity contribution in [3.63, 3.8) is 0 Å². The van der Waals surface area contributed by atoms with Crippen molar-refractivity contribution in [2.75, 3.05) is 5.32 Å². The van der Waals surface area contributed by atoms with Gasteiger partial charge in [-0.05, 0) is 29.0 Å². The van der Waals surface area contributed by atoms with Gasteiger partial charge in [0.05, 0.1) is 11.9 Å². The number of nitrogens with zero attached hydrogens (tertiary/aromatic N) is 7. The molecule has 0 saturated heterocycles. The molecule has 0 unspecified atom stereocenters. The molecule has 148 valence electrons. The van der Waals surface area contributed by atoms with Gasteiger partial charge in [-0.15, -0.1) is 10.2 Å². The van der Waals surface area contributed by atoms with E-state index in [1.807, 2.05) is 31.4 Å². The van der Waals surface area contributed by atoms with Crippen LogP contribution in [0.25, 0.3) is 16.9 Å². The summed E-state index contributed by atoms with van der Waals surface area (Å²) in [6.45, 7) is 9.19. The highest BCUT2D eigenvalue weighted by Gasteiger charge is 2.67. The molecule has 29 heavy (non-hydrogen) atoms. The Hall–Kier alpha value is -3.29. The largest absolute Gasteiger partial charge is 0.309 e. The van der Waals surface area contributed by atoms with E-state index in [1.54, 1.807) is 17.1 Å². The van der Waals surface area contributed by atoms with Gasteiger partial charge >= 0.3 is 0 Å². The molecule has 1 aliphatic rings. The van der Waals surface area contributed by atoms with Crippen molar-refractivity contribution in [3.8, 4) is 11.3 Å². The van der Waals surface area contributed by atoms with E-state index in [0.29, 0.717) is 11.9 Å². The van der Waals surface area contributed by atoms with Crippen molar-refractivity contribution in [1.29, 1.82) is 0 Å². The highest BCUT2D eigenvalue weighted by molar-refractivity contribution is 5.65. The van der Waals surface area contributed by atoms with Gasteiger partial charge in [-0.1, -0.05) is 27.7 Å². The molecule has 0 spiro atoms. The number of anilines is 2. The fraction of sp³-hybridized carbons (Fsp3) is 0.381. The summed E-state index contributed by atoms with van der Waals surface area (Å²) in [5, 5.41) is 16.3. The molecule has 5 rings (SSSR count). The van der Waals surface area contributed by atoms with E-state index < -0.39 is 0 Å². The maximum atomic E-state index is 4.65. The molecular formula is C21H24N8. The van der Waals surface area contributed by atoms with Crippen LogP contribution in [0.4, 0.5) is 11.8 Å². The summed E-state index contributed by atoms with van der Waals surface area (Å²) < 4.78 is 3.83. The highest BCUT2D eigenvalue weighted by Crippen LogP contribution is 2.73. The Morgan fingerprint density at radius 1 is 1.00 bits per heavy atom. The van der Waals surface area contributed by atoms with Crippen LogP contribution < -0.4 is 5.32 Å². The van der Waals surface area contributed by atoms with E-state index in [9.17, 15) is 0 Å². The first-order valence-electron chi connectivity index (χ1n) is 9.72. The van der Waals surface area contributed by atoms with Crippen molar-refractivity contribution in [2.24, 2.45) is 17.9 Å². The Labute approximate surface area is 169 Å². The molecule has 0 aromatic carbocycles. The number of aromatic nitrogens is 7. The number of aryl methyl sites for hydroxylation is 1. The van der Waals surface area contributed by atoms with Crippen LogP contribution in [0.1, 0.15) is 39.4 Å². The van der Waals surface area contributed by atoms with Crippen molar-refractivity contribution >= 4 is 17.4 Å². The van der Waals surface area contributed by atoms with E-state index in [0.717, 1.165) is 28.5 Å². The zero-order chi connectivity index (χ0) is 20.4. The van der Waals surface area contributed by atoms with Gasteiger partial charge in [0.15, 0.2) is 5.65 Å². The lowest BCUT2D eigenvalue weighted by atomic mass is 10.0. The van der Waals surface area contributed by atoms with Gasteiger partial charge in [0, 0.05) is 37.0 Å². The number of hydrogen-bond acceptors (Lipinski definition) is 6. The molecule has 1 fully saturated rings. The fourth-order valence-electron chi connectivity index (χ4n) is 4.30. The number of fused-ring (bicyclic) bond motifs is 1. The Kier molecular flexibility index (Phi) is 3.59. The van der Waals surface area contributed by atoms with Crippen LogP contribution in [0.5, 0.6) is 0 Å². The van der Waals surface area contributed by atoms with Gasteiger partial charge < -0.3 is 5.32 Å². The first kappa shape index (κ1) is 17.8. The van der Waals surface area contributed by atoms with Crippen LogP contribution in [-0.4, -0.2) is 34.3 Å². The third-order valence-corrected chi connectivity index (χ3v) is 6.73. The third kappa shape index (κ3) is 2.62. The average Bonchev–Trinajstić information content (AvgIpc) is 3.09. The summed E-state index contributed by atoms with van der Waals surface area (Å²) in [5.41, 5.74) is 3.06. The lowest BCUT2D eigenvalue weighted by Crippen LogP contribution is -2.03. The quantitative estimate of drug-likeness (QED) is 0.572. The molecular weight excluding hydrogens is 364 g/mol. The summed E-state index contributed by atoms with van der Waals surface area (Å²) in [6.07, 6.45) is 5.52. The van der Waals surface area contributed by atoms with Crippen molar-refractivity contribution in [3.05, 3.63) is 48.7 Å².